The van der Waals surface area contributed by atoms with E-state index in [0.29, 0.717) is 25.4 Å². The Morgan fingerprint density at radius 2 is 1.92 bits per heavy atom. The molecule has 3 rings (SSSR count). The third-order valence-electron chi connectivity index (χ3n) is 4.00. The molecule has 1 aliphatic rings. The van der Waals surface area contributed by atoms with Gasteiger partial charge in [0.15, 0.2) is 0 Å². The van der Waals surface area contributed by atoms with Gasteiger partial charge in [0.1, 0.15) is 5.56 Å². The smallest absolute Gasteiger partial charge is 0.335 e. The summed E-state index contributed by atoms with van der Waals surface area (Å²) in [4.78, 5) is 32.7. The SMILES string of the molecule is O=c1[nH]c(=O)n(-c2ccccc2)c(O)c1C=NCCN1CCOCC1. The Labute approximate surface area is 144 Å². The molecule has 1 aliphatic heterocycles. The van der Waals surface area contributed by atoms with Crippen LogP contribution in [0.5, 0.6) is 5.88 Å². The predicted octanol–water partition coefficient (Wildman–Crippen LogP) is -0.0175. The Morgan fingerprint density at radius 1 is 1.20 bits per heavy atom. The molecule has 0 amide bonds. The second-order valence-electron chi connectivity index (χ2n) is 5.66. The number of benzene rings is 1. The number of aromatic nitrogens is 2. The average Bonchev–Trinajstić information content (AvgIpc) is 2.62. The highest BCUT2D eigenvalue weighted by Crippen LogP contribution is 2.14. The van der Waals surface area contributed by atoms with Crippen molar-refractivity contribution in [1.29, 1.82) is 0 Å². The van der Waals surface area contributed by atoms with E-state index in [0.717, 1.165) is 24.2 Å². The van der Waals surface area contributed by atoms with Crippen LogP contribution in [0.15, 0.2) is 44.9 Å². The molecule has 8 nitrogen and oxygen atoms in total. The summed E-state index contributed by atoms with van der Waals surface area (Å²) in [7, 11) is 0. The molecule has 1 aromatic carbocycles. The average molecular weight is 344 g/mol. The summed E-state index contributed by atoms with van der Waals surface area (Å²) in [5.74, 6) is -0.421. The zero-order valence-electron chi connectivity index (χ0n) is 13.7. The second kappa shape index (κ2) is 7.91. The standard InChI is InChI=1S/C17H20N4O4/c22-15-14(12-18-6-7-20-8-10-25-11-9-20)16(23)21(17(24)19-15)13-4-2-1-3-5-13/h1-5,12,23H,6-11H2,(H,19,22,24). The van der Waals surface area contributed by atoms with Crippen molar-refractivity contribution in [3.05, 3.63) is 56.7 Å². The number of nitrogens with zero attached hydrogens (tertiary/aromatic N) is 3. The van der Waals surface area contributed by atoms with E-state index in [-0.39, 0.29) is 5.56 Å². The number of nitrogens with one attached hydrogen (secondary N) is 1. The normalized spacial score (nSPS) is 15.7. The quantitative estimate of drug-likeness (QED) is 0.743. The third kappa shape index (κ3) is 4.04. The molecule has 1 saturated heterocycles. The lowest BCUT2D eigenvalue weighted by Crippen LogP contribution is -2.37. The Bertz CT molecular complexity index is 851. The molecule has 132 valence electrons. The van der Waals surface area contributed by atoms with Gasteiger partial charge in [-0.05, 0) is 12.1 Å². The maximum Gasteiger partial charge on any atom is 0.335 e. The van der Waals surface area contributed by atoms with Crippen LogP contribution in [-0.4, -0.2) is 65.2 Å². The molecule has 0 bridgehead atoms. The summed E-state index contributed by atoms with van der Waals surface area (Å²) in [5.41, 5.74) is -0.932. The minimum absolute atomic E-state index is 0.0366. The van der Waals surface area contributed by atoms with Crippen LogP contribution in [-0.2, 0) is 4.74 Å². The first kappa shape index (κ1) is 17.1. The van der Waals surface area contributed by atoms with Crippen molar-refractivity contribution in [2.24, 2.45) is 4.99 Å². The predicted molar refractivity (Wildman–Crippen MR) is 94.0 cm³/mol. The molecule has 25 heavy (non-hydrogen) atoms. The first-order chi connectivity index (χ1) is 12.2. The number of hydrogen-bond acceptors (Lipinski definition) is 6. The minimum atomic E-state index is -0.695. The van der Waals surface area contributed by atoms with Gasteiger partial charge in [0, 0.05) is 25.8 Å². The fourth-order valence-corrected chi connectivity index (χ4v) is 2.65. The van der Waals surface area contributed by atoms with Gasteiger partial charge in [-0.25, -0.2) is 9.36 Å². The lowest BCUT2D eigenvalue weighted by molar-refractivity contribution is 0.0395. The van der Waals surface area contributed by atoms with E-state index in [1.54, 1.807) is 30.3 Å². The number of aliphatic imine (C=N–C) groups is 1. The van der Waals surface area contributed by atoms with Crippen molar-refractivity contribution < 1.29 is 9.84 Å². The van der Waals surface area contributed by atoms with E-state index in [2.05, 4.69) is 14.9 Å². The number of aromatic amines is 1. The topological polar surface area (TPSA) is 99.9 Å². The first-order valence-electron chi connectivity index (χ1n) is 8.10. The number of aromatic hydroxyl groups is 1. The van der Waals surface area contributed by atoms with Crippen LogP contribution >= 0.6 is 0 Å². The lowest BCUT2D eigenvalue weighted by atomic mass is 10.3. The van der Waals surface area contributed by atoms with Gasteiger partial charge in [0.25, 0.3) is 5.56 Å². The summed E-state index contributed by atoms with van der Waals surface area (Å²) in [6, 6.07) is 8.60. The van der Waals surface area contributed by atoms with E-state index >= 15 is 0 Å². The van der Waals surface area contributed by atoms with Crippen LogP contribution in [0.1, 0.15) is 5.56 Å². The zero-order valence-corrected chi connectivity index (χ0v) is 13.7. The van der Waals surface area contributed by atoms with E-state index in [9.17, 15) is 14.7 Å². The number of para-hydroxylation sites is 1. The lowest BCUT2D eigenvalue weighted by Gasteiger charge is -2.25. The molecule has 2 aromatic rings. The highest BCUT2D eigenvalue weighted by atomic mass is 16.5. The van der Waals surface area contributed by atoms with Crippen LogP contribution in [0, 0.1) is 0 Å². The first-order valence-corrected chi connectivity index (χ1v) is 8.10. The Morgan fingerprint density at radius 3 is 2.64 bits per heavy atom. The van der Waals surface area contributed by atoms with Gasteiger partial charge in [0.05, 0.1) is 25.4 Å². The largest absolute Gasteiger partial charge is 0.493 e. The minimum Gasteiger partial charge on any atom is -0.493 e. The molecular weight excluding hydrogens is 324 g/mol. The van der Waals surface area contributed by atoms with Crippen LogP contribution in [0.3, 0.4) is 0 Å². The fourth-order valence-electron chi connectivity index (χ4n) is 2.65. The van der Waals surface area contributed by atoms with Gasteiger partial charge in [-0.3, -0.25) is 19.7 Å². The van der Waals surface area contributed by atoms with Crippen molar-refractivity contribution in [3.8, 4) is 11.6 Å². The van der Waals surface area contributed by atoms with E-state index in [1.807, 2.05) is 0 Å². The van der Waals surface area contributed by atoms with Crippen molar-refractivity contribution >= 4 is 6.21 Å². The van der Waals surface area contributed by atoms with Crippen molar-refractivity contribution in [2.75, 3.05) is 39.4 Å². The monoisotopic (exact) mass is 344 g/mol. The highest BCUT2D eigenvalue weighted by Gasteiger charge is 2.14. The van der Waals surface area contributed by atoms with E-state index in [1.165, 1.54) is 6.21 Å². The molecule has 1 fully saturated rings. The second-order valence-corrected chi connectivity index (χ2v) is 5.66. The number of H-pyrrole nitrogens is 1. The van der Waals surface area contributed by atoms with Crippen LogP contribution in [0.4, 0.5) is 0 Å². The summed E-state index contributed by atoms with van der Waals surface area (Å²) < 4.78 is 6.33. The number of morpholine rings is 1. The summed E-state index contributed by atoms with van der Waals surface area (Å²) in [6.45, 7) is 4.39. The molecule has 8 heteroatoms. The van der Waals surface area contributed by atoms with Gasteiger partial charge in [0.2, 0.25) is 5.88 Å². The molecule has 0 unspecified atom stereocenters. The number of ether oxygens (including phenoxy) is 1. The molecule has 1 aromatic heterocycles. The number of hydrogen-bond donors (Lipinski definition) is 2. The maximum atomic E-state index is 12.0. The van der Waals surface area contributed by atoms with Gasteiger partial charge < -0.3 is 9.84 Å². The maximum absolute atomic E-state index is 12.0. The highest BCUT2D eigenvalue weighted by molar-refractivity contribution is 5.82. The Hall–Kier alpha value is -2.71. The molecule has 2 N–H and O–H groups in total. The van der Waals surface area contributed by atoms with Crippen molar-refractivity contribution in [3.63, 3.8) is 0 Å². The molecular formula is C17H20N4O4. The molecule has 2 heterocycles. The number of rotatable bonds is 5. The summed E-state index contributed by atoms with van der Waals surface area (Å²) in [6.07, 6.45) is 1.31. The molecule has 0 atom stereocenters. The van der Waals surface area contributed by atoms with Crippen LogP contribution in [0.2, 0.25) is 0 Å². The van der Waals surface area contributed by atoms with Gasteiger partial charge in [-0.2, -0.15) is 0 Å². The summed E-state index contributed by atoms with van der Waals surface area (Å²) >= 11 is 0. The summed E-state index contributed by atoms with van der Waals surface area (Å²) in [5, 5.41) is 10.4. The van der Waals surface area contributed by atoms with E-state index < -0.39 is 17.1 Å². The molecule has 0 aliphatic carbocycles. The van der Waals surface area contributed by atoms with Crippen molar-refractivity contribution in [1.82, 2.24) is 14.5 Å². The van der Waals surface area contributed by atoms with Crippen LogP contribution in [0.25, 0.3) is 5.69 Å². The fraction of sp³-hybridized carbons (Fsp3) is 0.353. The van der Waals surface area contributed by atoms with Crippen molar-refractivity contribution in [2.45, 2.75) is 0 Å². The Kier molecular flexibility index (Phi) is 5.42. The Balaban J connectivity index is 1.80. The van der Waals surface area contributed by atoms with Gasteiger partial charge in [-0.15, -0.1) is 0 Å². The zero-order chi connectivity index (χ0) is 17.6. The third-order valence-corrected chi connectivity index (χ3v) is 4.00. The van der Waals surface area contributed by atoms with E-state index in [4.69, 9.17) is 4.74 Å². The molecule has 0 radical (unpaired) electrons. The van der Waals surface area contributed by atoms with Crippen LogP contribution < -0.4 is 11.2 Å². The molecule has 0 spiro atoms. The van der Waals surface area contributed by atoms with Gasteiger partial charge >= 0.3 is 5.69 Å². The molecule has 0 saturated carbocycles. The van der Waals surface area contributed by atoms with Gasteiger partial charge in [-0.1, -0.05) is 18.2 Å².